The lowest BCUT2D eigenvalue weighted by Gasteiger charge is -2.37. The zero-order chi connectivity index (χ0) is 25.1. The summed E-state index contributed by atoms with van der Waals surface area (Å²) in [5, 5.41) is 0. The smallest absolute Gasteiger partial charge is 0.412 e. The Balaban J connectivity index is 1.40. The third kappa shape index (κ3) is 5.38. The van der Waals surface area contributed by atoms with Crippen molar-refractivity contribution in [1.29, 1.82) is 0 Å². The van der Waals surface area contributed by atoms with E-state index in [0.717, 1.165) is 11.1 Å². The molecule has 2 saturated heterocycles. The van der Waals surface area contributed by atoms with Gasteiger partial charge in [-0.2, -0.15) is 8.42 Å². The highest BCUT2D eigenvalue weighted by Gasteiger charge is 2.59. The normalized spacial score (nSPS) is 23.3. The number of nitrogens with zero attached hydrogens (tertiary/aromatic N) is 1. The molecule has 35 heavy (non-hydrogen) atoms. The van der Waals surface area contributed by atoms with Crippen LogP contribution in [0, 0.1) is 6.92 Å². The van der Waals surface area contributed by atoms with E-state index in [-0.39, 0.29) is 30.3 Å². The summed E-state index contributed by atoms with van der Waals surface area (Å²) in [5.74, 6) is 0. The summed E-state index contributed by atoms with van der Waals surface area (Å²) in [6, 6.07) is 15.7. The third-order valence-corrected chi connectivity index (χ3v) is 8.14. The highest BCUT2D eigenvalue weighted by molar-refractivity contribution is 7.86. The number of hydrogen-bond acceptors (Lipinski definition) is 7. The molecule has 8 nitrogen and oxygen atoms in total. The van der Waals surface area contributed by atoms with Gasteiger partial charge in [0, 0.05) is 6.42 Å². The number of benzene rings is 2. The van der Waals surface area contributed by atoms with Crippen LogP contribution in [-0.4, -0.2) is 56.6 Å². The van der Waals surface area contributed by atoms with Gasteiger partial charge in [-0.05, 0) is 37.5 Å². The summed E-state index contributed by atoms with van der Waals surface area (Å²) in [6.45, 7) is 6.27. The molecule has 0 aromatic heterocycles. The van der Waals surface area contributed by atoms with E-state index >= 15 is 0 Å². The lowest BCUT2D eigenvalue weighted by Crippen LogP contribution is -2.52. The van der Waals surface area contributed by atoms with Gasteiger partial charge in [0.05, 0.1) is 30.3 Å². The summed E-state index contributed by atoms with van der Waals surface area (Å²) >= 11 is 0. The van der Waals surface area contributed by atoms with Crippen molar-refractivity contribution in [3.63, 3.8) is 0 Å². The van der Waals surface area contributed by atoms with E-state index in [9.17, 15) is 13.2 Å². The van der Waals surface area contributed by atoms with Crippen LogP contribution in [0.5, 0.6) is 0 Å². The van der Waals surface area contributed by atoms with Gasteiger partial charge in [0.15, 0.2) is 0 Å². The first-order chi connectivity index (χ1) is 16.8. The van der Waals surface area contributed by atoms with E-state index in [4.69, 9.17) is 18.4 Å². The average Bonchev–Trinajstić information content (AvgIpc) is 3.40. The monoisotopic (exact) mass is 503 g/mol. The maximum absolute atomic E-state index is 13.2. The SMILES string of the molecule is CCC1(CC)O[C@@H]2[C@H](CCOS(=O)(=O)c3ccc(C)cc3)OC[C@@H]2N1C(=O)OCc1ccccc1. The van der Waals surface area contributed by atoms with Crippen molar-refractivity contribution in [2.75, 3.05) is 13.2 Å². The lowest BCUT2D eigenvalue weighted by molar-refractivity contribution is -0.136. The van der Waals surface area contributed by atoms with Gasteiger partial charge in [-0.3, -0.25) is 9.08 Å². The van der Waals surface area contributed by atoms with Gasteiger partial charge in [0.1, 0.15) is 18.4 Å². The number of amides is 1. The molecule has 0 unspecified atom stereocenters. The molecule has 0 bridgehead atoms. The molecule has 2 fully saturated rings. The second kappa shape index (κ2) is 10.7. The van der Waals surface area contributed by atoms with E-state index in [0.29, 0.717) is 25.9 Å². The molecule has 3 atom stereocenters. The average molecular weight is 504 g/mol. The fraction of sp³-hybridized carbons (Fsp3) is 0.500. The van der Waals surface area contributed by atoms with Crippen molar-refractivity contribution >= 4 is 16.2 Å². The van der Waals surface area contributed by atoms with E-state index in [1.54, 1.807) is 17.0 Å². The van der Waals surface area contributed by atoms with Gasteiger partial charge in [-0.1, -0.05) is 61.9 Å². The van der Waals surface area contributed by atoms with Crippen LogP contribution in [0.3, 0.4) is 0 Å². The molecule has 2 aromatic carbocycles. The molecular weight excluding hydrogens is 470 g/mol. The van der Waals surface area contributed by atoms with Crippen molar-refractivity contribution in [1.82, 2.24) is 4.90 Å². The first kappa shape index (κ1) is 25.6. The molecule has 0 radical (unpaired) electrons. The molecule has 2 aromatic rings. The number of carbonyl (C=O) groups is 1. The maximum atomic E-state index is 13.2. The highest BCUT2D eigenvalue weighted by atomic mass is 32.2. The van der Waals surface area contributed by atoms with Crippen LogP contribution < -0.4 is 0 Å². The van der Waals surface area contributed by atoms with Crippen molar-refractivity contribution in [3.8, 4) is 0 Å². The van der Waals surface area contributed by atoms with Crippen molar-refractivity contribution in [3.05, 3.63) is 65.7 Å². The number of carbonyl (C=O) groups excluding carboxylic acids is 1. The number of hydrogen-bond donors (Lipinski definition) is 0. The van der Waals surface area contributed by atoms with E-state index < -0.39 is 28.0 Å². The van der Waals surface area contributed by atoms with Crippen LogP contribution >= 0.6 is 0 Å². The number of ether oxygens (including phenoxy) is 3. The first-order valence-electron chi connectivity index (χ1n) is 12.0. The maximum Gasteiger partial charge on any atom is 0.412 e. The summed E-state index contributed by atoms with van der Waals surface area (Å²) in [4.78, 5) is 15.0. The Kier molecular flexibility index (Phi) is 7.80. The molecule has 0 aliphatic carbocycles. The van der Waals surface area contributed by atoms with E-state index in [2.05, 4.69) is 0 Å². The summed E-state index contributed by atoms with van der Waals surface area (Å²) in [5.41, 5.74) is 1.08. The minimum atomic E-state index is -3.86. The predicted molar refractivity (Wildman–Crippen MR) is 129 cm³/mol. The molecule has 2 aliphatic heterocycles. The van der Waals surface area contributed by atoms with Crippen molar-refractivity contribution < 1.29 is 31.6 Å². The number of rotatable bonds is 9. The molecule has 0 saturated carbocycles. The fourth-order valence-electron chi connectivity index (χ4n) is 4.79. The van der Waals surface area contributed by atoms with Gasteiger partial charge in [0.2, 0.25) is 0 Å². The number of fused-ring (bicyclic) bond motifs is 1. The Bertz CT molecular complexity index is 1100. The number of aryl methyl sites for hydroxylation is 1. The van der Waals surface area contributed by atoms with E-state index in [1.807, 2.05) is 51.1 Å². The molecule has 0 spiro atoms. The zero-order valence-electron chi connectivity index (χ0n) is 20.4. The molecule has 2 aliphatic rings. The second-order valence-electron chi connectivity index (χ2n) is 8.96. The molecule has 9 heteroatoms. The molecule has 0 N–H and O–H groups in total. The Morgan fingerprint density at radius 2 is 1.77 bits per heavy atom. The second-order valence-corrected chi connectivity index (χ2v) is 10.6. The predicted octanol–water partition coefficient (Wildman–Crippen LogP) is 4.41. The highest BCUT2D eigenvalue weighted by Crippen LogP contribution is 2.43. The Morgan fingerprint density at radius 1 is 1.09 bits per heavy atom. The Hall–Kier alpha value is -2.46. The molecule has 1 amide bonds. The summed E-state index contributed by atoms with van der Waals surface area (Å²) in [6.07, 6.45) is 0.307. The molecular formula is C26H33NO7S. The lowest BCUT2D eigenvalue weighted by atomic mass is 10.0. The third-order valence-electron chi connectivity index (χ3n) is 6.81. The molecule has 4 rings (SSSR count). The van der Waals surface area contributed by atoms with Crippen LogP contribution in [-0.2, 0) is 35.1 Å². The zero-order valence-corrected chi connectivity index (χ0v) is 21.2. The van der Waals surface area contributed by atoms with Gasteiger partial charge >= 0.3 is 6.09 Å². The quantitative estimate of drug-likeness (QED) is 0.468. The van der Waals surface area contributed by atoms with Gasteiger partial charge in [-0.15, -0.1) is 0 Å². The van der Waals surface area contributed by atoms with Crippen LogP contribution in [0.2, 0.25) is 0 Å². The minimum Gasteiger partial charge on any atom is -0.444 e. The summed E-state index contributed by atoms with van der Waals surface area (Å²) in [7, 11) is -3.86. The largest absolute Gasteiger partial charge is 0.444 e. The van der Waals surface area contributed by atoms with Crippen molar-refractivity contribution in [2.45, 2.75) is 75.5 Å². The Morgan fingerprint density at radius 3 is 2.43 bits per heavy atom. The van der Waals surface area contributed by atoms with Crippen LogP contribution in [0.4, 0.5) is 4.79 Å². The molecule has 2 heterocycles. The van der Waals surface area contributed by atoms with Gasteiger partial charge in [-0.25, -0.2) is 4.79 Å². The minimum absolute atomic E-state index is 0.0445. The first-order valence-corrected chi connectivity index (χ1v) is 13.5. The topological polar surface area (TPSA) is 91.4 Å². The van der Waals surface area contributed by atoms with Gasteiger partial charge in [0.25, 0.3) is 10.1 Å². The van der Waals surface area contributed by atoms with Crippen molar-refractivity contribution in [2.24, 2.45) is 0 Å². The standard InChI is InChI=1S/C26H33NO7S/c1-4-26(5-2)27(25(28)32-17-20-9-7-6-8-10-20)22-18-31-23(24(22)34-26)15-16-33-35(29,30)21-13-11-19(3)12-14-21/h6-14,22-24H,4-5,15-18H2,1-3H3/t22-,23-,24-/m0/s1. The molecule has 190 valence electrons. The van der Waals surface area contributed by atoms with Gasteiger partial charge < -0.3 is 14.2 Å². The fourth-order valence-corrected chi connectivity index (χ4v) is 5.71. The van der Waals surface area contributed by atoms with Crippen LogP contribution in [0.15, 0.2) is 59.5 Å². The Labute approximate surface area is 207 Å². The summed E-state index contributed by atoms with van der Waals surface area (Å²) < 4.78 is 48.3. The van der Waals surface area contributed by atoms with E-state index in [1.165, 1.54) is 12.1 Å². The van der Waals surface area contributed by atoms with Crippen LogP contribution in [0.1, 0.15) is 44.2 Å². The van der Waals surface area contributed by atoms with Crippen LogP contribution in [0.25, 0.3) is 0 Å².